The second-order valence-corrected chi connectivity index (χ2v) is 5.97. The number of aryl methyl sites for hydroxylation is 1. The van der Waals surface area contributed by atoms with Crippen molar-refractivity contribution >= 4 is 33.0 Å². The molecular weight excluding hydrogens is 315 g/mol. The summed E-state index contributed by atoms with van der Waals surface area (Å²) in [5.74, 6) is -0.466. The van der Waals surface area contributed by atoms with Crippen molar-refractivity contribution in [3.05, 3.63) is 55.9 Å². The summed E-state index contributed by atoms with van der Waals surface area (Å²) < 4.78 is 13.6. The molecule has 0 aliphatic rings. The highest BCUT2D eigenvalue weighted by atomic mass is 79.9. The van der Waals surface area contributed by atoms with E-state index in [0.717, 1.165) is 11.3 Å². The first-order valence-corrected chi connectivity index (χ1v) is 7.27. The first-order valence-electron chi connectivity index (χ1n) is 5.66. The molecule has 94 valence electrons. The number of thiophene rings is 1. The van der Waals surface area contributed by atoms with Gasteiger partial charge in [-0.1, -0.05) is 19.1 Å². The molecule has 1 aromatic heterocycles. The van der Waals surface area contributed by atoms with Crippen LogP contribution in [0.25, 0.3) is 0 Å². The molecule has 0 spiro atoms. The lowest BCUT2D eigenvalue weighted by Gasteiger charge is -2.03. The van der Waals surface area contributed by atoms with Gasteiger partial charge in [-0.2, -0.15) is 0 Å². The molecule has 1 nitrogen and oxygen atoms in total. The van der Waals surface area contributed by atoms with E-state index in [4.69, 9.17) is 0 Å². The van der Waals surface area contributed by atoms with Crippen LogP contribution >= 0.6 is 27.3 Å². The van der Waals surface area contributed by atoms with Gasteiger partial charge in [-0.3, -0.25) is 4.79 Å². The Bertz CT molecular complexity index is 577. The number of halogens is 2. The van der Waals surface area contributed by atoms with Crippen molar-refractivity contribution in [3.63, 3.8) is 0 Å². The van der Waals surface area contributed by atoms with Gasteiger partial charge in [-0.25, -0.2) is 4.39 Å². The Balaban J connectivity index is 2.19. The first kappa shape index (κ1) is 13.4. The summed E-state index contributed by atoms with van der Waals surface area (Å²) in [6, 6.07) is 8.53. The predicted octanol–water partition coefficient (Wildman–Crippen LogP) is 4.64. The minimum absolute atomic E-state index is 0.0640. The number of carbonyl (C=O) groups is 1. The van der Waals surface area contributed by atoms with Crippen LogP contribution in [0.4, 0.5) is 4.39 Å². The standard InChI is InChI=1S/C14H12BrFOS/c1-2-9-6-7-10(18-9)8-13(17)11-4-3-5-12(16)14(11)15/h3-7H,2,8H2,1H3. The number of ketones is 1. The summed E-state index contributed by atoms with van der Waals surface area (Å²) in [4.78, 5) is 14.4. The zero-order chi connectivity index (χ0) is 13.1. The lowest BCUT2D eigenvalue weighted by molar-refractivity contribution is 0.0992. The van der Waals surface area contributed by atoms with Crippen LogP contribution in [-0.2, 0) is 12.8 Å². The SMILES string of the molecule is CCc1ccc(CC(=O)c2cccc(F)c2Br)s1. The number of hydrogen-bond donors (Lipinski definition) is 0. The Labute approximate surface area is 118 Å². The third-order valence-corrected chi connectivity index (χ3v) is 4.69. The van der Waals surface area contributed by atoms with Crippen LogP contribution in [0, 0.1) is 5.82 Å². The molecule has 0 saturated carbocycles. The summed E-state index contributed by atoms with van der Waals surface area (Å²) >= 11 is 4.76. The van der Waals surface area contributed by atoms with E-state index in [2.05, 4.69) is 22.9 Å². The Hall–Kier alpha value is -1.00. The van der Waals surface area contributed by atoms with Crippen LogP contribution in [0.2, 0.25) is 0 Å². The molecule has 2 rings (SSSR count). The third kappa shape index (κ3) is 2.87. The molecule has 0 radical (unpaired) electrons. The normalized spacial score (nSPS) is 10.6. The summed E-state index contributed by atoms with van der Waals surface area (Å²) in [6.07, 6.45) is 1.30. The topological polar surface area (TPSA) is 17.1 Å². The monoisotopic (exact) mass is 326 g/mol. The van der Waals surface area contributed by atoms with Gasteiger partial charge in [-0.15, -0.1) is 11.3 Å². The fourth-order valence-corrected chi connectivity index (χ4v) is 3.12. The van der Waals surface area contributed by atoms with Crippen molar-refractivity contribution in [2.75, 3.05) is 0 Å². The van der Waals surface area contributed by atoms with E-state index < -0.39 is 5.82 Å². The largest absolute Gasteiger partial charge is 0.294 e. The molecule has 0 bridgehead atoms. The van der Waals surface area contributed by atoms with Gasteiger partial charge in [-0.05, 0) is 40.5 Å². The van der Waals surface area contributed by atoms with Gasteiger partial charge in [0.25, 0.3) is 0 Å². The van der Waals surface area contributed by atoms with E-state index in [1.807, 2.05) is 12.1 Å². The van der Waals surface area contributed by atoms with Crippen molar-refractivity contribution in [2.45, 2.75) is 19.8 Å². The van der Waals surface area contributed by atoms with Crippen LogP contribution in [0.1, 0.15) is 27.0 Å². The highest BCUT2D eigenvalue weighted by Crippen LogP contribution is 2.24. The van der Waals surface area contributed by atoms with Crippen molar-refractivity contribution in [3.8, 4) is 0 Å². The van der Waals surface area contributed by atoms with E-state index in [1.165, 1.54) is 10.9 Å². The van der Waals surface area contributed by atoms with Gasteiger partial charge in [0, 0.05) is 21.7 Å². The molecule has 0 aliphatic heterocycles. The van der Waals surface area contributed by atoms with Crippen LogP contribution in [0.3, 0.4) is 0 Å². The molecule has 2 aromatic rings. The Kier molecular flexibility index (Phi) is 4.30. The van der Waals surface area contributed by atoms with Gasteiger partial charge in [0.1, 0.15) is 5.82 Å². The lowest BCUT2D eigenvalue weighted by Crippen LogP contribution is -2.04. The number of carbonyl (C=O) groups excluding carboxylic acids is 1. The van der Waals surface area contributed by atoms with Gasteiger partial charge < -0.3 is 0 Å². The Morgan fingerprint density at radius 3 is 2.67 bits per heavy atom. The second kappa shape index (κ2) is 5.76. The summed E-state index contributed by atoms with van der Waals surface area (Å²) in [5, 5.41) is 0. The molecule has 1 aromatic carbocycles. The molecule has 0 N–H and O–H groups in total. The van der Waals surface area contributed by atoms with E-state index in [-0.39, 0.29) is 10.3 Å². The fraction of sp³-hybridized carbons (Fsp3) is 0.214. The summed E-state index contributed by atoms with van der Waals surface area (Å²) in [6.45, 7) is 2.08. The number of hydrogen-bond acceptors (Lipinski definition) is 2. The van der Waals surface area contributed by atoms with Gasteiger partial charge in [0.05, 0.1) is 4.47 Å². The maximum atomic E-state index is 13.3. The Morgan fingerprint density at radius 2 is 2.00 bits per heavy atom. The van der Waals surface area contributed by atoms with E-state index in [9.17, 15) is 9.18 Å². The lowest BCUT2D eigenvalue weighted by atomic mass is 10.1. The van der Waals surface area contributed by atoms with Crippen LogP contribution in [0.5, 0.6) is 0 Å². The molecule has 0 aliphatic carbocycles. The number of benzene rings is 1. The average molecular weight is 327 g/mol. The molecule has 4 heteroatoms. The average Bonchev–Trinajstić information content (AvgIpc) is 2.80. The van der Waals surface area contributed by atoms with E-state index in [0.29, 0.717) is 12.0 Å². The minimum Gasteiger partial charge on any atom is -0.294 e. The molecule has 0 saturated heterocycles. The van der Waals surface area contributed by atoms with Crippen molar-refractivity contribution in [1.29, 1.82) is 0 Å². The van der Waals surface area contributed by atoms with Crippen LogP contribution in [0.15, 0.2) is 34.8 Å². The third-order valence-electron chi connectivity index (χ3n) is 2.65. The van der Waals surface area contributed by atoms with Crippen LogP contribution < -0.4 is 0 Å². The zero-order valence-electron chi connectivity index (χ0n) is 9.87. The van der Waals surface area contributed by atoms with Gasteiger partial charge >= 0.3 is 0 Å². The van der Waals surface area contributed by atoms with Gasteiger partial charge in [0.15, 0.2) is 5.78 Å². The molecule has 0 atom stereocenters. The van der Waals surface area contributed by atoms with Crippen LogP contribution in [-0.4, -0.2) is 5.78 Å². The van der Waals surface area contributed by atoms with E-state index in [1.54, 1.807) is 23.5 Å². The molecule has 0 amide bonds. The smallest absolute Gasteiger partial charge is 0.169 e. The maximum absolute atomic E-state index is 13.3. The molecule has 0 unspecified atom stereocenters. The molecule has 18 heavy (non-hydrogen) atoms. The minimum atomic E-state index is -0.402. The molecular formula is C14H12BrFOS. The summed E-state index contributed by atoms with van der Waals surface area (Å²) in [5.41, 5.74) is 0.404. The van der Waals surface area contributed by atoms with Crippen molar-refractivity contribution in [1.82, 2.24) is 0 Å². The quantitative estimate of drug-likeness (QED) is 0.748. The highest BCUT2D eigenvalue weighted by molar-refractivity contribution is 9.10. The maximum Gasteiger partial charge on any atom is 0.169 e. The van der Waals surface area contributed by atoms with E-state index >= 15 is 0 Å². The number of Topliss-reactive ketones (excluding diaryl/α,β-unsaturated/α-hetero) is 1. The van der Waals surface area contributed by atoms with Crippen molar-refractivity contribution < 1.29 is 9.18 Å². The van der Waals surface area contributed by atoms with Gasteiger partial charge in [0.2, 0.25) is 0 Å². The number of rotatable bonds is 4. The first-order chi connectivity index (χ1) is 8.61. The zero-order valence-corrected chi connectivity index (χ0v) is 12.3. The predicted molar refractivity (Wildman–Crippen MR) is 75.8 cm³/mol. The van der Waals surface area contributed by atoms with Crippen molar-refractivity contribution in [2.24, 2.45) is 0 Å². The summed E-state index contributed by atoms with van der Waals surface area (Å²) in [7, 11) is 0. The highest BCUT2D eigenvalue weighted by Gasteiger charge is 2.14. The molecule has 1 heterocycles. The fourth-order valence-electron chi connectivity index (χ4n) is 1.68. The Morgan fingerprint density at radius 1 is 1.28 bits per heavy atom. The second-order valence-electron chi connectivity index (χ2n) is 3.92. The molecule has 0 fully saturated rings.